The maximum atomic E-state index is 12.7. The van der Waals surface area contributed by atoms with Gasteiger partial charge in [-0.1, -0.05) is 36.4 Å². The molecule has 0 saturated carbocycles. The molecule has 0 heterocycles. The van der Waals surface area contributed by atoms with E-state index in [0.717, 1.165) is 23.3 Å². The van der Waals surface area contributed by atoms with E-state index in [-0.39, 0.29) is 12.6 Å². The summed E-state index contributed by atoms with van der Waals surface area (Å²) in [5.74, 6) is 0. The fourth-order valence-corrected chi connectivity index (χ4v) is 2.25. The predicted octanol–water partition coefficient (Wildman–Crippen LogP) is 4.05. The van der Waals surface area contributed by atoms with Crippen molar-refractivity contribution in [3.8, 4) is 0 Å². The second-order valence-corrected chi connectivity index (χ2v) is 5.15. The molecule has 0 amide bonds. The van der Waals surface area contributed by atoms with E-state index < -0.39 is 11.7 Å². The summed E-state index contributed by atoms with van der Waals surface area (Å²) in [6.45, 7) is 2.24. The largest absolute Gasteiger partial charge is 0.416 e. The highest BCUT2D eigenvalue weighted by molar-refractivity contribution is 5.29. The van der Waals surface area contributed by atoms with Crippen molar-refractivity contribution in [2.45, 2.75) is 32.3 Å². The molecule has 0 saturated heterocycles. The molecule has 2 nitrogen and oxygen atoms in total. The zero-order valence-electron chi connectivity index (χ0n) is 12.2. The molecule has 1 unspecified atom stereocenters. The van der Waals surface area contributed by atoms with E-state index in [4.69, 9.17) is 0 Å². The molecule has 0 spiro atoms. The molecule has 0 fully saturated rings. The molecule has 0 aromatic heterocycles. The summed E-state index contributed by atoms with van der Waals surface area (Å²) in [6, 6.07) is 12.5. The Bertz CT molecular complexity index is 625. The standard InChI is InChI=1S/C17H18F3NO/c1-12(13-7-4-8-16(9-13)17(18,19)20)21-10-14-5-2-3-6-15(14)11-22/h2-9,12,21-22H,10-11H2,1H3. The molecule has 2 aromatic rings. The van der Waals surface area contributed by atoms with Crippen LogP contribution in [0.3, 0.4) is 0 Å². The predicted molar refractivity (Wildman–Crippen MR) is 79.1 cm³/mol. The lowest BCUT2D eigenvalue weighted by molar-refractivity contribution is -0.137. The minimum Gasteiger partial charge on any atom is -0.392 e. The molecule has 2 aromatic carbocycles. The number of hydrogen-bond acceptors (Lipinski definition) is 2. The Labute approximate surface area is 127 Å². The molecule has 0 aliphatic carbocycles. The zero-order valence-corrected chi connectivity index (χ0v) is 12.2. The molecule has 0 aliphatic heterocycles. The van der Waals surface area contributed by atoms with Crippen LogP contribution >= 0.6 is 0 Å². The first-order valence-electron chi connectivity index (χ1n) is 7.00. The van der Waals surface area contributed by atoms with Gasteiger partial charge in [-0.2, -0.15) is 13.2 Å². The third kappa shape index (κ3) is 4.08. The molecule has 0 radical (unpaired) electrons. The van der Waals surface area contributed by atoms with Gasteiger partial charge in [-0.05, 0) is 35.7 Å². The van der Waals surface area contributed by atoms with Gasteiger partial charge in [0.15, 0.2) is 0 Å². The van der Waals surface area contributed by atoms with Gasteiger partial charge in [0, 0.05) is 12.6 Å². The summed E-state index contributed by atoms with van der Waals surface area (Å²) in [5, 5.41) is 12.5. The van der Waals surface area contributed by atoms with Crippen LogP contribution in [0.4, 0.5) is 13.2 Å². The van der Waals surface area contributed by atoms with Crippen LogP contribution in [0, 0.1) is 0 Å². The van der Waals surface area contributed by atoms with E-state index in [2.05, 4.69) is 5.32 Å². The lowest BCUT2D eigenvalue weighted by Gasteiger charge is -2.17. The molecular weight excluding hydrogens is 291 g/mol. The lowest BCUT2D eigenvalue weighted by atomic mass is 10.0. The third-order valence-electron chi connectivity index (χ3n) is 3.60. The van der Waals surface area contributed by atoms with Gasteiger partial charge in [-0.15, -0.1) is 0 Å². The number of aliphatic hydroxyl groups is 1. The van der Waals surface area contributed by atoms with Gasteiger partial charge in [0.05, 0.1) is 12.2 Å². The fourth-order valence-electron chi connectivity index (χ4n) is 2.25. The van der Waals surface area contributed by atoms with Crippen LogP contribution in [0.25, 0.3) is 0 Å². The lowest BCUT2D eigenvalue weighted by Crippen LogP contribution is -2.19. The number of hydrogen-bond donors (Lipinski definition) is 2. The van der Waals surface area contributed by atoms with Crippen LogP contribution in [-0.2, 0) is 19.3 Å². The Morgan fingerprint density at radius 3 is 2.36 bits per heavy atom. The van der Waals surface area contributed by atoms with Crippen LogP contribution in [-0.4, -0.2) is 5.11 Å². The Morgan fingerprint density at radius 1 is 1.05 bits per heavy atom. The number of benzene rings is 2. The molecule has 0 aliphatic rings. The van der Waals surface area contributed by atoms with E-state index in [0.29, 0.717) is 12.1 Å². The van der Waals surface area contributed by atoms with Gasteiger partial charge in [0.1, 0.15) is 0 Å². The molecule has 5 heteroatoms. The van der Waals surface area contributed by atoms with Crippen molar-refractivity contribution in [3.05, 3.63) is 70.8 Å². The van der Waals surface area contributed by atoms with Crippen molar-refractivity contribution in [1.29, 1.82) is 0 Å². The molecule has 2 N–H and O–H groups in total. The monoisotopic (exact) mass is 309 g/mol. The summed E-state index contributed by atoms with van der Waals surface area (Å²) in [7, 11) is 0. The average Bonchev–Trinajstić information content (AvgIpc) is 2.52. The summed E-state index contributed by atoms with van der Waals surface area (Å²) in [6.07, 6.45) is -4.33. The Balaban J connectivity index is 2.08. The molecular formula is C17H18F3NO. The second kappa shape index (κ2) is 6.94. The van der Waals surface area contributed by atoms with Crippen molar-refractivity contribution >= 4 is 0 Å². The first-order valence-corrected chi connectivity index (χ1v) is 7.00. The quantitative estimate of drug-likeness (QED) is 0.873. The highest BCUT2D eigenvalue weighted by atomic mass is 19.4. The van der Waals surface area contributed by atoms with Crippen LogP contribution < -0.4 is 5.32 Å². The normalized spacial score (nSPS) is 13.1. The SMILES string of the molecule is CC(NCc1ccccc1CO)c1cccc(C(F)(F)F)c1. The molecule has 22 heavy (non-hydrogen) atoms. The van der Waals surface area contributed by atoms with E-state index in [1.807, 2.05) is 31.2 Å². The summed E-state index contributed by atoms with van der Waals surface area (Å²) in [4.78, 5) is 0. The second-order valence-electron chi connectivity index (χ2n) is 5.15. The number of rotatable bonds is 5. The third-order valence-corrected chi connectivity index (χ3v) is 3.60. The van der Waals surface area contributed by atoms with E-state index in [9.17, 15) is 18.3 Å². The first kappa shape index (κ1) is 16.5. The molecule has 0 bridgehead atoms. The highest BCUT2D eigenvalue weighted by Gasteiger charge is 2.30. The Hall–Kier alpha value is -1.85. The highest BCUT2D eigenvalue weighted by Crippen LogP contribution is 2.30. The van der Waals surface area contributed by atoms with E-state index >= 15 is 0 Å². The van der Waals surface area contributed by atoms with Crippen LogP contribution in [0.2, 0.25) is 0 Å². The van der Waals surface area contributed by atoms with Crippen molar-refractivity contribution in [1.82, 2.24) is 5.32 Å². The molecule has 2 rings (SSSR count). The van der Waals surface area contributed by atoms with Crippen LogP contribution in [0.1, 0.15) is 35.2 Å². The number of aliphatic hydroxyl groups excluding tert-OH is 1. The maximum absolute atomic E-state index is 12.7. The van der Waals surface area contributed by atoms with Gasteiger partial charge in [-0.3, -0.25) is 0 Å². The van der Waals surface area contributed by atoms with Crippen molar-refractivity contribution in [2.75, 3.05) is 0 Å². The summed E-state index contributed by atoms with van der Waals surface area (Å²) < 4.78 is 38.2. The van der Waals surface area contributed by atoms with Crippen LogP contribution in [0.5, 0.6) is 0 Å². The minimum absolute atomic E-state index is 0.0597. The smallest absolute Gasteiger partial charge is 0.392 e. The number of halogens is 3. The minimum atomic E-state index is -4.33. The summed E-state index contributed by atoms with van der Waals surface area (Å²) in [5.41, 5.74) is 1.68. The van der Waals surface area contributed by atoms with Gasteiger partial charge in [0.25, 0.3) is 0 Å². The maximum Gasteiger partial charge on any atom is 0.416 e. The first-order chi connectivity index (χ1) is 10.4. The fraction of sp³-hybridized carbons (Fsp3) is 0.294. The van der Waals surface area contributed by atoms with Gasteiger partial charge in [-0.25, -0.2) is 0 Å². The topological polar surface area (TPSA) is 32.3 Å². The molecule has 1 atom stereocenters. The summed E-state index contributed by atoms with van der Waals surface area (Å²) >= 11 is 0. The van der Waals surface area contributed by atoms with E-state index in [1.165, 1.54) is 6.07 Å². The number of alkyl halides is 3. The van der Waals surface area contributed by atoms with Gasteiger partial charge < -0.3 is 10.4 Å². The van der Waals surface area contributed by atoms with E-state index in [1.54, 1.807) is 6.07 Å². The van der Waals surface area contributed by atoms with Gasteiger partial charge >= 0.3 is 6.18 Å². The Morgan fingerprint density at radius 2 is 1.73 bits per heavy atom. The average molecular weight is 309 g/mol. The van der Waals surface area contributed by atoms with Crippen molar-refractivity contribution < 1.29 is 18.3 Å². The Kier molecular flexibility index (Phi) is 5.21. The van der Waals surface area contributed by atoms with Gasteiger partial charge in [0.2, 0.25) is 0 Å². The molecule has 118 valence electrons. The van der Waals surface area contributed by atoms with Crippen molar-refractivity contribution in [3.63, 3.8) is 0 Å². The van der Waals surface area contributed by atoms with Crippen molar-refractivity contribution in [2.24, 2.45) is 0 Å². The zero-order chi connectivity index (χ0) is 16.2. The van der Waals surface area contributed by atoms with Crippen LogP contribution in [0.15, 0.2) is 48.5 Å². The number of nitrogens with one attached hydrogen (secondary N) is 1.